The van der Waals surface area contributed by atoms with Crippen LogP contribution in [0.15, 0.2) is 48.5 Å². The van der Waals surface area contributed by atoms with E-state index in [-0.39, 0.29) is 5.91 Å². The van der Waals surface area contributed by atoms with Crippen LogP contribution in [0.5, 0.6) is 0 Å². The van der Waals surface area contributed by atoms with Gasteiger partial charge >= 0.3 is 11.8 Å². The van der Waals surface area contributed by atoms with Gasteiger partial charge in [-0.3, -0.25) is 14.4 Å². The average Bonchev–Trinajstić information content (AvgIpc) is 2.67. The molecule has 0 aliphatic heterocycles. The Balaban J connectivity index is 2.04. The molecule has 0 atom stereocenters. The molecule has 0 heterocycles. The standard InChI is InChI=1S/C20H23N3O3/c1-3-14-9-11-15(12-10-14)13-22-18(24)16-7-5-6-8-17(16)23-20(26)19(25)21-4-2/h5-12H,3-4,13H2,1-2H3,(H,21,25)(H,22,24)(H,23,26). The zero-order valence-corrected chi connectivity index (χ0v) is 15.0. The highest BCUT2D eigenvalue weighted by atomic mass is 16.2. The second-order valence-electron chi connectivity index (χ2n) is 5.71. The summed E-state index contributed by atoms with van der Waals surface area (Å²) in [7, 11) is 0. The third kappa shape index (κ3) is 5.17. The van der Waals surface area contributed by atoms with Crippen LogP contribution in [-0.4, -0.2) is 24.3 Å². The first-order valence-electron chi connectivity index (χ1n) is 8.59. The van der Waals surface area contributed by atoms with Crippen molar-refractivity contribution in [2.24, 2.45) is 0 Å². The number of carbonyl (C=O) groups excluding carboxylic acids is 3. The molecule has 0 radical (unpaired) electrons. The molecule has 0 aliphatic rings. The van der Waals surface area contributed by atoms with E-state index < -0.39 is 11.8 Å². The molecule has 0 bridgehead atoms. The Bertz CT molecular complexity index is 785. The van der Waals surface area contributed by atoms with Crippen LogP contribution in [0, 0.1) is 0 Å². The number of aryl methyl sites for hydroxylation is 1. The van der Waals surface area contributed by atoms with Crippen LogP contribution >= 0.6 is 0 Å². The van der Waals surface area contributed by atoms with Gasteiger partial charge in [-0.15, -0.1) is 0 Å². The Labute approximate surface area is 153 Å². The molecule has 2 rings (SSSR count). The SMILES string of the molecule is CCNC(=O)C(=O)Nc1ccccc1C(=O)NCc1ccc(CC)cc1. The molecular weight excluding hydrogens is 330 g/mol. The number of amides is 3. The van der Waals surface area contributed by atoms with Gasteiger partial charge in [0, 0.05) is 13.1 Å². The van der Waals surface area contributed by atoms with Crippen molar-refractivity contribution >= 4 is 23.4 Å². The molecule has 136 valence electrons. The lowest BCUT2D eigenvalue weighted by Gasteiger charge is -2.11. The fourth-order valence-electron chi connectivity index (χ4n) is 2.38. The second kappa shape index (κ2) is 9.36. The van der Waals surface area contributed by atoms with E-state index in [1.165, 1.54) is 5.56 Å². The number of hydrogen-bond donors (Lipinski definition) is 3. The third-order valence-electron chi connectivity index (χ3n) is 3.85. The zero-order chi connectivity index (χ0) is 18.9. The number of carbonyl (C=O) groups is 3. The van der Waals surface area contributed by atoms with Gasteiger partial charge in [-0.25, -0.2) is 0 Å². The van der Waals surface area contributed by atoms with Gasteiger partial charge in [-0.1, -0.05) is 43.3 Å². The molecule has 0 unspecified atom stereocenters. The van der Waals surface area contributed by atoms with Crippen molar-refractivity contribution in [3.63, 3.8) is 0 Å². The van der Waals surface area contributed by atoms with Gasteiger partial charge in [-0.05, 0) is 36.6 Å². The molecule has 6 nitrogen and oxygen atoms in total. The van der Waals surface area contributed by atoms with Crippen molar-refractivity contribution in [3.05, 3.63) is 65.2 Å². The van der Waals surface area contributed by atoms with Crippen LogP contribution in [0.3, 0.4) is 0 Å². The van der Waals surface area contributed by atoms with Crippen LogP contribution in [-0.2, 0) is 22.6 Å². The Hall–Kier alpha value is -3.15. The van der Waals surface area contributed by atoms with Crippen LogP contribution < -0.4 is 16.0 Å². The molecular formula is C20H23N3O3. The Morgan fingerprint density at radius 2 is 1.46 bits per heavy atom. The number of hydrogen-bond acceptors (Lipinski definition) is 3. The van der Waals surface area contributed by atoms with E-state index >= 15 is 0 Å². The predicted octanol–water partition coefficient (Wildman–Crippen LogP) is 2.25. The lowest BCUT2D eigenvalue weighted by Crippen LogP contribution is -2.35. The molecule has 0 spiro atoms. The van der Waals surface area contributed by atoms with Gasteiger partial charge in [0.15, 0.2) is 0 Å². The number of nitrogens with one attached hydrogen (secondary N) is 3. The summed E-state index contributed by atoms with van der Waals surface area (Å²) in [6.07, 6.45) is 0.964. The molecule has 3 N–H and O–H groups in total. The summed E-state index contributed by atoms with van der Waals surface area (Å²) in [5.41, 5.74) is 2.82. The smallest absolute Gasteiger partial charge is 0.313 e. The van der Waals surface area contributed by atoms with E-state index in [9.17, 15) is 14.4 Å². The highest BCUT2D eigenvalue weighted by molar-refractivity contribution is 6.40. The third-order valence-corrected chi connectivity index (χ3v) is 3.85. The molecule has 0 aromatic heterocycles. The summed E-state index contributed by atoms with van der Waals surface area (Å²) in [5, 5.41) is 7.73. The summed E-state index contributed by atoms with van der Waals surface area (Å²) in [5.74, 6) is -1.86. The Morgan fingerprint density at radius 1 is 0.808 bits per heavy atom. The lowest BCUT2D eigenvalue weighted by atomic mass is 10.1. The van der Waals surface area contributed by atoms with Crippen LogP contribution in [0.1, 0.15) is 35.3 Å². The fourth-order valence-corrected chi connectivity index (χ4v) is 2.38. The van der Waals surface area contributed by atoms with Crippen molar-refractivity contribution < 1.29 is 14.4 Å². The van der Waals surface area contributed by atoms with Crippen molar-refractivity contribution in [2.45, 2.75) is 26.8 Å². The minimum absolute atomic E-state index is 0.294. The first-order valence-corrected chi connectivity index (χ1v) is 8.59. The minimum Gasteiger partial charge on any atom is -0.348 e. The fraction of sp³-hybridized carbons (Fsp3) is 0.250. The first kappa shape index (κ1) is 19.2. The highest BCUT2D eigenvalue weighted by Gasteiger charge is 2.17. The topological polar surface area (TPSA) is 87.3 Å². The maximum absolute atomic E-state index is 12.5. The Morgan fingerprint density at radius 3 is 2.12 bits per heavy atom. The molecule has 0 saturated heterocycles. The summed E-state index contributed by atoms with van der Waals surface area (Å²) in [6.45, 7) is 4.54. The number of anilines is 1. The molecule has 6 heteroatoms. The van der Waals surface area contributed by atoms with Gasteiger partial charge < -0.3 is 16.0 Å². The van der Waals surface area contributed by atoms with E-state index in [0.29, 0.717) is 24.3 Å². The maximum atomic E-state index is 12.5. The highest BCUT2D eigenvalue weighted by Crippen LogP contribution is 2.15. The molecule has 2 aromatic carbocycles. The first-order chi connectivity index (χ1) is 12.5. The molecule has 3 amide bonds. The zero-order valence-electron chi connectivity index (χ0n) is 15.0. The van der Waals surface area contributed by atoms with E-state index in [1.807, 2.05) is 24.3 Å². The number of likely N-dealkylation sites (N-methyl/N-ethyl adjacent to an activating group) is 1. The number of para-hydroxylation sites is 1. The molecule has 0 saturated carbocycles. The number of rotatable bonds is 6. The van der Waals surface area contributed by atoms with Crippen molar-refractivity contribution in [2.75, 3.05) is 11.9 Å². The normalized spacial score (nSPS) is 10.1. The monoisotopic (exact) mass is 353 g/mol. The van der Waals surface area contributed by atoms with E-state index in [0.717, 1.165) is 12.0 Å². The summed E-state index contributed by atoms with van der Waals surface area (Å²) < 4.78 is 0. The molecule has 0 aliphatic carbocycles. The molecule has 26 heavy (non-hydrogen) atoms. The van der Waals surface area contributed by atoms with Gasteiger partial charge in [0.05, 0.1) is 11.3 Å². The minimum atomic E-state index is -0.803. The van der Waals surface area contributed by atoms with E-state index in [1.54, 1.807) is 31.2 Å². The van der Waals surface area contributed by atoms with Crippen molar-refractivity contribution in [3.8, 4) is 0 Å². The van der Waals surface area contributed by atoms with Gasteiger partial charge in [0.2, 0.25) is 0 Å². The lowest BCUT2D eigenvalue weighted by molar-refractivity contribution is -0.136. The van der Waals surface area contributed by atoms with Gasteiger partial charge in [0.25, 0.3) is 5.91 Å². The van der Waals surface area contributed by atoms with Crippen LogP contribution in [0.2, 0.25) is 0 Å². The van der Waals surface area contributed by atoms with Gasteiger partial charge in [0.1, 0.15) is 0 Å². The summed E-state index contributed by atoms with van der Waals surface area (Å²) >= 11 is 0. The van der Waals surface area contributed by atoms with E-state index in [4.69, 9.17) is 0 Å². The summed E-state index contributed by atoms with van der Waals surface area (Å²) in [6, 6.07) is 14.6. The van der Waals surface area contributed by atoms with E-state index in [2.05, 4.69) is 22.9 Å². The van der Waals surface area contributed by atoms with Crippen molar-refractivity contribution in [1.29, 1.82) is 0 Å². The quantitative estimate of drug-likeness (QED) is 0.696. The predicted molar refractivity (Wildman–Crippen MR) is 101 cm³/mol. The maximum Gasteiger partial charge on any atom is 0.313 e. The van der Waals surface area contributed by atoms with Gasteiger partial charge in [-0.2, -0.15) is 0 Å². The van der Waals surface area contributed by atoms with Crippen molar-refractivity contribution in [1.82, 2.24) is 10.6 Å². The number of benzene rings is 2. The molecule has 0 fully saturated rings. The molecule has 2 aromatic rings. The van der Waals surface area contributed by atoms with Crippen LogP contribution in [0.4, 0.5) is 5.69 Å². The second-order valence-corrected chi connectivity index (χ2v) is 5.71. The largest absolute Gasteiger partial charge is 0.348 e. The Kier molecular flexibility index (Phi) is 6.91. The van der Waals surface area contributed by atoms with Crippen LogP contribution in [0.25, 0.3) is 0 Å². The summed E-state index contributed by atoms with van der Waals surface area (Å²) in [4.78, 5) is 35.9. The average molecular weight is 353 g/mol.